The van der Waals surface area contributed by atoms with Crippen molar-refractivity contribution in [3.05, 3.63) is 41.7 Å². The van der Waals surface area contributed by atoms with Crippen LogP contribution < -0.4 is 5.32 Å². The zero-order valence-electron chi connectivity index (χ0n) is 9.44. The third kappa shape index (κ3) is 3.03. The van der Waals surface area contributed by atoms with Crippen LogP contribution in [0.5, 0.6) is 0 Å². The lowest BCUT2D eigenvalue weighted by atomic mass is 10.2. The highest BCUT2D eigenvalue weighted by molar-refractivity contribution is 6.31. The number of alkyl halides is 1. The van der Waals surface area contributed by atoms with Gasteiger partial charge in [0.15, 0.2) is 0 Å². The highest BCUT2D eigenvalue weighted by Gasteiger charge is 2.09. The van der Waals surface area contributed by atoms with Gasteiger partial charge in [0.05, 0.1) is 11.4 Å². The molecule has 0 saturated heterocycles. The fraction of sp³-hybridized carbons (Fsp3) is 0.167. The van der Waals surface area contributed by atoms with Crippen LogP contribution in [0.15, 0.2) is 36.7 Å². The zero-order chi connectivity index (χ0) is 13.0. The Labute approximate surface area is 115 Å². The standard InChI is InChI=1S/C12H11Cl2N3O/c13-5-4-12(18)16-10-8-9(14)2-3-11(10)17-7-1-6-15-17/h1-3,6-8H,4-5H2,(H,16,18). The number of carbonyl (C=O) groups excluding carboxylic acids is 1. The van der Waals surface area contributed by atoms with Gasteiger partial charge in [0.2, 0.25) is 5.91 Å². The minimum atomic E-state index is -0.152. The first-order chi connectivity index (χ1) is 8.70. The van der Waals surface area contributed by atoms with Gasteiger partial charge < -0.3 is 5.32 Å². The fourth-order valence-corrected chi connectivity index (χ4v) is 1.86. The summed E-state index contributed by atoms with van der Waals surface area (Å²) in [6.07, 6.45) is 3.71. The lowest BCUT2D eigenvalue weighted by Crippen LogP contribution is -2.14. The molecule has 0 aliphatic carbocycles. The number of benzene rings is 1. The summed E-state index contributed by atoms with van der Waals surface area (Å²) in [6, 6.07) is 7.03. The Hall–Kier alpha value is -1.52. The Morgan fingerprint density at radius 2 is 2.28 bits per heavy atom. The van der Waals surface area contributed by atoms with Crippen LogP contribution in [0.25, 0.3) is 5.69 Å². The quantitative estimate of drug-likeness (QED) is 0.877. The van der Waals surface area contributed by atoms with Gasteiger partial charge in [-0.15, -0.1) is 11.6 Å². The van der Waals surface area contributed by atoms with E-state index in [0.717, 1.165) is 5.69 Å². The summed E-state index contributed by atoms with van der Waals surface area (Å²) in [6.45, 7) is 0. The maximum Gasteiger partial charge on any atom is 0.225 e. The Bertz CT molecular complexity index is 540. The van der Waals surface area contributed by atoms with Crippen LogP contribution in [0.2, 0.25) is 5.02 Å². The molecule has 1 N–H and O–H groups in total. The van der Waals surface area contributed by atoms with Crippen molar-refractivity contribution in [2.24, 2.45) is 0 Å². The van der Waals surface area contributed by atoms with E-state index in [1.54, 1.807) is 41.3 Å². The van der Waals surface area contributed by atoms with Gasteiger partial charge >= 0.3 is 0 Å². The number of carbonyl (C=O) groups is 1. The Morgan fingerprint density at radius 3 is 2.94 bits per heavy atom. The predicted octanol–water partition coefficient (Wildman–Crippen LogP) is 3.09. The fourth-order valence-electron chi connectivity index (χ4n) is 1.52. The molecule has 1 aromatic heterocycles. The van der Waals surface area contributed by atoms with E-state index in [9.17, 15) is 4.79 Å². The molecular formula is C12H11Cl2N3O. The molecule has 0 spiro atoms. The predicted molar refractivity (Wildman–Crippen MR) is 72.5 cm³/mol. The topological polar surface area (TPSA) is 46.9 Å². The summed E-state index contributed by atoms with van der Waals surface area (Å²) >= 11 is 11.5. The molecule has 0 fully saturated rings. The smallest absolute Gasteiger partial charge is 0.225 e. The van der Waals surface area contributed by atoms with E-state index in [4.69, 9.17) is 23.2 Å². The normalized spacial score (nSPS) is 10.3. The Balaban J connectivity index is 2.32. The Kier molecular flexibility index (Phi) is 4.23. The molecule has 1 aromatic carbocycles. The molecule has 0 saturated carbocycles. The Morgan fingerprint density at radius 1 is 1.44 bits per heavy atom. The number of halogens is 2. The number of anilines is 1. The molecule has 4 nitrogen and oxygen atoms in total. The SMILES string of the molecule is O=C(CCCl)Nc1cc(Cl)ccc1-n1cccn1. The number of nitrogens with one attached hydrogen (secondary N) is 1. The van der Waals surface area contributed by atoms with E-state index in [1.165, 1.54) is 0 Å². The molecule has 0 aliphatic rings. The van der Waals surface area contributed by atoms with Crippen molar-refractivity contribution in [3.63, 3.8) is 0 Å². The lowest BCUT2D eigenvalue weighted by Gasteiger charge is -2.11. The number of hydrogen-bond acceptors (Lipinski definition) is 2. The molecule has 0 bridgehead atoms. The van der Waals surface area contributed by atoms with Crippen molar-refractivity contribution in [1.82, 2.24) is 9.78 Å². The van der Waals surface area contributed by atoms with E-state index >= 15 is 0 Å². The van der Waals surface area contributed by atoms with Gasteiger partial charge in [0.25, 0.3) is 0 Å². The molecule has 2 rings (SSSR count). The first-order valence-electron chi connectivity index (χ1n) is 5.36. The van der Waals surface area contributed by atoms with Crippen LogP contribution in [0, 0.1) is 0 Å². The molecule has 0 unspecified atom stereocenters. The molecule has 0 atom stereocenters. The zero-order valence-corrected chi connectivity index (χ0v) is 10.9. The number of amides is 1. The van der Waals surface area contributed by atoms with Crippen LogP contribution in [-0.4, -0.2) is 21.6 Å². The maximum absolute atomic E-state index is 11.6. The van der Waals surface area contributed by atoms with Crippen LogP contribution in [-0.2, 0) is 4.79 Å². The second kappa shape index (κ2) is 5.89. The van der Waals surface area contributed by atoms with E-state index in [0.29, 0.717) is 10.7 Å². The van der Waals surface area contributed by atoms with Crippen molar-refractivity contribution >= 4 is 34.8 Å². The van der Waals surface area contributed by atoms with Gasteiger partial charge in [-0.1, -0.05) is 11.6 Å². The van der Waals surface area contributed by atoms with Gasteiger partial charge in [-0.25, -0.2) is 4.68 Å². The largest absolute Gasteiger partial charge is 0.324 e. The van der Waals surface area contributed by atoms with Crippen LogP contribution in [0.3, 0.4) is 0 Å². The van der Waals surface area contributed by atoms with Crippen molar-refractivity contribution in [1.29, 1.82) is 0 Å². The van der Waals surface area contributed by atoms with E-state index < -0.39 is 0 Å². The number of hydrogen-bond donors (Lipinski definition) is 1. The monoisotopic (exact) mass is 283 g/mol. The van der Waals surface area contributed by atoms with Gasteiger partial charge in [-0.3, -0.25) is 4.79 Å². The summed E-state index contributed by atoms with van der Waals surface area (Å²) in [4.78, 5) is 11.6. The third-order valence-corrected chi connectivity index (χ3v) is 2.73. The van der Waals surface area contributed by atoms with E-state index in [2.05, 4.69) is 10.4 Å². The molecule has 1 heterocycles. The summed E-state index contributed by atoms with van der Waals surface area (Å²) in [7, 11) is 0. The number of rotatable bonds is 4. The average Bonchev–Trinajstić information content (AvgIpc) is 2.83. The molecule has 2 aromatic rings. The lowest BCUT2D eigenvalue weighted by molar-refractivity contribution is -0.115. The molecule has 0 aliphatic heterocycles. The first kappa shape index (κ1) is 12.9. The molecule has 1 amide bonds. The van der Waals surface area contributed by atoms with Gasteiger partial charge in [-0.2, -0.15) is 5.10 Å². The van der Waals surface area contributed by atoms with Crippen molar-refractivity contribution < 1.29 is 4.79 Å². The van der Waals surface area contributed by atoms with Crippen molar-refractivity contribution in [3.8, 4) is 5.69 Å². The molecule has 0 radical (unpaired) electrons. The van der Waals surface area contributed by atoms with Gasteiger partial charge in [0, 0.05) is 29.7 Å². The molecule has 6 heteroatoms. The summed E-state index contributed by atoms with van der Waals surface area (Å²) in [5.41, 5.74) is 1.37. The summed E-state index contributed by atoms with van der Waals surface area (Å²) in [5.74, 6) is 0.129. The first-order valence-corrected chi connectivity index (χ1v) is 6.27. The third-order valence-electron chi connectivity index (χ3n) is 2.31. The summed E-state index contributed by atoms with van der Waals surface area (Å²) < 4.78 is 1.66. The molecule has 94 valence electrons. The van der Waals surface area contributed by atoms with Gasteiger partial charge in [-0.05, 0) is 24.3 Å². The second-order valence-electron chi connectivity index (χ2n) is 3.60. The average molecular weight is 284 g/mol. The van der Waals surface area contributed by atoms with Crippen LogP contribution >= 0.6 is 23.2 Å². The minimum absolute atomic E-state index is 0.152. The van der Waals surface area contributed by atoms with E-state index in [1.807, 2.05) is 0 Å². The highest BCUT2D eigenvalue weighted by atomic mass is 35.5. The van der Waals surface area contributed by atoms with Crippen LogP contribution in [0.1, 0.15) is 6.42 Å². The van der Waals surface area contributed by atoms with Crippen molar-refractivity contribution in [2.45, 2.75) is 6.42 Å². The summed E-state index contributed by atoms with van der Waals surface area (Å²) in [5, 5.41) is 7.45. The highest BCUT2D eigenvalue weighted by Crippen LogP contribution is 2.24. The van der Waals surface area contributed by atoms with Crippen molar-refractivity contribution in [2.75, 3.05) is 11.2 Å². The maximum atomic E-state index is 11.6. The number of nitrogens with zero attached hydrogens (tertiary/aromatic N) is 2. The molecular weight excluding hydrogens is 273 g/mol. The van der Waals surface area contributed by atoms with Gasteiger partial charge in [0.1, 0.15) is 0 Å². The second-order valence-corrected chi connectivity index (χ2v) is 4.41. The number of aromatic nitrogens is 2. The van der Waals surface area contributed by atoms with Crippen LogP contribution in [0.4, 0.5) is 5.69 Å². The van der Waals surface area contributed by atoms with E-state index in [-0.39, 0.29) is 18.2 Å². The molecule has 18 heavy (non-hydrogen) atoms. The minimum Gasteiger partial charge on any atom is -0.324 e.